The van der Waals surface area contributed by atoms with Gasteiger partial charge in [0.1, 0.15) is 0 Å². The molecule has 1 heterocycles. The molecule has 1 aliphatic heterocycles. The molecule has 4 amide bonds. The molecule has 1 aliphatic rings. The third kappa shape index (κ3) is 1.84. The van der Waals surface area contributed by atoms with Crippen LogP contribution in [0.5, 0.6) is 0 Å². The Morgan fingerprint density at radius 1 is 1.18 bits per heavy atom. The van der Waals surface area contributed by atoms with Gasteiger partial charge < -0.3 is 5.73 Å². The van der Waals surface area contributed by atoms with E-state index in [1.807, 2.05) is 0 Å². The molecule has 0 aromatic heterocycles. The van der Waals surface area contributed by atoms with Gasteiger partial charge in [0.25, 0.3) is 0 Å². The second-order valence-electron chi connectivity index (χ2n) is 3.78. The minimum absolute atomic E-state index is 0.0544. The monoisotopic (exact) mass is 233 g/mol. The van der Waals surface area contributed by atoms with Gasteiger partial charge in [0.05, 0.1) is 6.54 Å². The van der Waals surface area contributed by atoms with E-state index in [0.29, 0.717) is 11.3 Å². The number of carbonyl (C=O) groups excluding carboxylic acids is 3. The molecular weight excluding hydrogens is 222 g/mol. The molecule has 2 N–H and O–H groups in total. The molecule has 0 aliphatic carbocycles. The lowest BCUT2D eigenvalue weighted by Crippen LogP contribution is -2.31. The van der Waals surface area contributed by atoms with Crippen LogP contribution in [-0.2, 0) is 16.1 Å². The number of urea groups is 1. The highest BCUT2D eigenvalue weighted by Gasteiger charge is 2.41. The van der Waals surface area contributed by atoms with E-state index in [2.05, 4.69) is 0 Å². The first-order valence-electron chi connectivity index (χ1n) is 4.98. The van der Waals surface area contributed by atoms with Crippen LogP contribution in [0.2, 0.25) is 0 Å². The number of anilines is 1. The van der Waals surface area contributed by atoms with E-state index >= 15 is 0 Å². The minimum Gasteiger partial charge on any atom is -0.399 e. The van der Waals surface area contributed by atoms with Crippen LogP contribution in [0.15, 0.2) is 24.3 Å². The van der Waals surface area contributed by atoms with Crippen molar-refractivity contribution in [1.29, 1.82) is 0 Å². The molecule has 1 saturated heterocycles. The van der Waals surface area contributed by atoms with Crippen molar-refractivity contribution in [3.63, 3.8) is 0 Å². The van der Waals surface area contributed by atoms with Gasteiger partial charge in [0.15, 0.2) is 0 Å². The van der Waals surface area contributed by atoms with Gasteiger partial charge in [-0.3, -0.25) is 19.4 Å². The largest absolute Gasteiger partial charge is 0.399 e. The quantitative estimate of drug-likeness (QED) is 0.449. The number of nitrogens with two attached hydrogens (primary N) is 1. The highest BCUT2D eigenvalue weighted by Crippen LogP contribution is 2.15. The van der Waals surface area contributed by atoms with E-state index in [0.717, 1.165) is 9.80 Å². The molecule has 6 heteroatoms. The van der Waals surface area contributed by atoms with E-state index in [1.54, 1.807) is 24.3 Å². The van der Waals surface area contributed by atoms with E-state index < -0.39 is 17.8 Å². The zero-order valence-electron chi connectivity index (χ0n) is 9.21. The molecule has 0 saturated carbocycles. The van der Waals surface area contributed by atoms with Crippen molar-refractivity contribution in [2.75, 3.05) is 12.8 Å². The smallest absolute Gasteiger partial charge is 0.334 e. The normalized spacial score (nSPS) is 15.9. The fraction of sp³-hybridized carbons (Fsp3) is 0.182. The van der Waals surface area contributed by atoms with Gasteiger partial charge in [-0.2, -0.15) is 0 Å². The minimum atomic E-state index is -0.807. The lowest BCUT2D eigenvalue weighted by molar-refractivity contribution is -0.143. The lowest BCUT2D eigenvalue weighted by atomic mass is 10.2. The summed E-state index contributed by atoms with van der Waals surface area (Å²) in [6, 6.07) is 6.21. The van der Waals surface area contributed by atoms with Gasteiger partial charge in [0, 0.05) is 12.7 Å². The molecule has 6 nitrogen and oxygen atoms in total. The van der Waals surface area contributed by atoms with Crippen LogP contribution >= 0.6 is 0 Å². The third-order valence-corrected chi connectivity index (χ3v) is 2.54. The molecular formula is C11H11N3O3. The standard InChI is InChI=1S/C11H11N3O3/c1-13-9(15)10(16)14(11(13)17)6-7-3-2-4-8(12)5-7/h2-5H,6,12H2,1H3. The maximum absolute atomic E-state index is 11.6. The van der Waals surface area contributed by atoms with Gasteiger partial charge in [-0.05, 0) is 17.7 Å². The molecule has 0 spiro atoms. The molecule has 0 bridgehead atoms. The number of hydrogen-bond acceptors (Lipinski definition) is 4. The van der Waals surface area contributed by atoms with Crippen LogP contribution in [0.3, 0.4) is 0 Å². The first-order chi connectivity index (χ1) is 8.00. The lowest BCUT2D eigenvalue weighted by Gasteiger charge is -2.12. The van der Waals surface area contributed by atoms with Crippen molar-refractivity contribution in [2.45, 2.75) is 6.54 Å². The molecule has 17 heavy (non-hydrogen) atoms. The molecule has 2 rings (SSSR count). The fourth-order valence-electron chi connectivity index (χ4n) is 1.63. The number of imide groups is 2. The summed E-state index contributed by atoms with van der Waals surface area (Å²) >= 11 is 0. The first kappa shape index (κ1) is 11.1. The summed E-state index contributed by atoms with van der Waals surface area (Å²) in [6.45, 7) is 0.0544. The van der Waals surface area contributed by atoms with Gasteiger partial charge >= 0.3 is 17.8 Å². The molecule has 88 valence electrons. The van der Waals surface area contributed by atoms with E-state index in [-0.39, 0.29) is 6.54 Å². The summed E-state index contributed by atoms with van der Waals surface area (Å²) in [4.78, 5) is 36.1. The Kier molecular flexibility index (Phi) is 2.55. The van der Waals surface area contributed by atoms with Gasteiger partial charge in [-0.15, -0.1) is 0 Å². The van der Waals surface area contributed by atoms with Crippen LogP contribution in [0.4, 0.5) is 10.5 Å². The van der Waals surface area contributed by atoms with Crippen LogP contribution < -0.4 is 5.73 Å². The summed E-state index contributed by atoms with van der Waals surface area (Å²) < 4.78 is 0. The maximum Gasteiger partial charge on any atom is 0.334 e. The highest BCUT2D eigenvalue weighted by molar-refractivity contribution is 6.44. The highest BCUT2D eigenvalue weighted by atomic mass is 16.2. The molecule has 1 aromatic rings. The maximum atomic E-state index is 11.6. The Bertz CT molecular complexity index is 512. The Hall–Kier alpha value is -2.37. The summed E-state index contributed by atoms with van der Waals surface area (Å²) in [5.41, 5.74) is 6.84. The van der Waals surface area contributed by atoms with E-state index in [9.17, 15) is 14.4 Å². The number of nitrogen functional groups attached to an aromatic ring is 1. The molecule has 0 unspecified atom stereocenters. The van der Waals surface area contributed by atoms with Crippen LogP contribution in [-0.4, -0.2) is 34.7 Å². The number of hydrogen-bond donors (Lipinski definition) is 1. The first-order valence-corrected chi connectivity index (χ1v) is 4.98. The second kappa shape index (κ2) is 3.89. The predicted molar refractivity (Wildman–Crippen MR) is 59.6 cm³/mol. The van der Waals surface area contributed by atoms with Crippen molar-refractivity contribution >= 4 is 23.5 Å². The van der Waals surface area contributed by atoms with Crippen LogP contribution in [0.25, 0.3) is 0 Å². The van der Waals surface area contributed by atoms with Crippen molar-refractivity contribution < 1.29 is 14.4 Å². The second-order valence-corrected chi connectivity index (χ2v) is 3.78. The van der Waals surface area contributed by atoms with Crippen molar-refractivity contribution in [3.8, 4) is 0 Å². The number of carbonyl (C=O) groups is 3. The summed E-state index contributed by atoms with van der Waals surface area (Å²) in [6.07, 6.45) is 0. The summed E-state index contributed by atoms with van der Waals surface area (Å²) in [7, 11) is 1.28. The third-order valence-electron chi connectivity index (χ3n) is 2.54. The Morgan fingerprint density at radius 3 is 2.41 bits per heavy atom. The van der Waals surface area contributed by atoms with Crippen LogP contribution in [0.1, 0.15) is 5.56 Å². The average Bonchev–Trinajstić information content (AvgIpc) is 2.47. The summed E-state index contributed by atoms with van der Waals surface area (Å²) in [5.74, 6) is -1.61. The molecule has 0 atom stereocenters. The predicted octanol–water partition coefficient (Wildman–Crippen LogP) is 0.189. The SMILES string of the molecule is CN1C(=O)C(=O)N(Cc2cccc(N)c2)C1=O. The molecule has 0 radical (unpaired) electrons. The average molecular weight is 233 g/mol. The van der Waals surface area contributed by atoms with Crippen molar-refractivity contribution in [1.82, 2.24) is 9.80 Å². The van der Waals surface area contributed by atoms with Crippen LogP contribution in [0, 0.1) is 0 Å². The number of amides is 4. The number of likely N-dealkylation sites (N-methyl/N-ethyl adjacent to an activating group) is 1. The van der Waals surface area contributed by atoms with E-state index in [4.69, 9.17) is 5.73 Å². The van der Waals surface area contributed by atoms with Gasteiger partial charge in [-0.25, -0.2) is 4.79 Å². The zero-order chi connectivity index (χ0) is 12.6. The number of benzene rings is 1. The Morgan fingerprint density at radius 2 is 1.88 bits per heavy atom. The van der Waals surface area contributed by atoms with Crippen molar-refractivity contribution in [3.05, 3.63) is 29.8 Å². The number of rotatable bonds is 2. The molecule has 1 fully saturated rings. The topological polar surface area (TPSA) is 83.7 Å². The number of nitrogens with zero attached hydrogens (tertiary/aromatic N) is 2. The Balaban J connectivity index is 2.23. The van der Waals surface area contributed by atoms with E-state index in [1.165, 1.54) is 7.05 Å². The fourth-order valence-corrected chi connectivity index (χ4v) is 1.63. The van der Waals surface area contributed by atoms with Gasteiger partial charge in [-0.1, -0.05) is 12.1 Å². The van der Waals surface area contributed by atoms with Crippen molar-refractivity contribution in [2.24, 2.45) is 0 Å². The van der Waals surface area contributed by atoms with Gasteiger partial charge in [0.2, 0.25) is 0 Å². The zero-order valence-corrected chi connectivity index (χ0v) is 9.21. The Labute approximate surface area is 97.6 Å². The molecule has 1 aromatic carbocycles. The summed E-state index contributed by atoms with van der Waals surface area (Å²) in [5, 5.41) is 0.